The molecule has 92 valence electrons. The van der Waals surface area contributed by atoms with Gasteiger partial charge in [0.2, 0.25) is 5.91 Å². The molecule has 17 heavy (non-hydrogen) atoms. The summed E-state index contributed by atoms with van der Waals surface area (Å²) in [7, 11) is 0. The summed E-state index contributed by atoms with van der Waals surface area (Å²) in [6, 6.07) is 3.16. The van der Waals surface area contributed by atoms with Crippen LogP contribution in [0.2, 0.25) is 0 Å². The van der Waals surface area contributed by atoms with Gasteiger partial charge in [0.15, 0.2) is 0 Å². The second kappa shape index (κ2) is 6.62. The van der Waals surface area contributed by atoms with Gasteiger partial charge < -0.3 is 0 Å². The summed E-state index contributed by atoms with van der Waals surface area (Å²) in [6.45, 7) is 3.89. The van der Waals surface area contributed by atoms with E-state index in [-0.39, 0.29) is 17.7 Å². The molecule has 0 fully saturated rings. The van der Waals surface area contributed by atoms with Crippen molar-refractivity contribution in [2.45, 2.75) is 26.7 Å². The van der Waals surface area contributed by atoms with E-state index in [0.29, 0.717) is 5.56 Å². The Kier molecular flexibility index (Phi) is 5.13. The average molecular weight is 235 g/mol. The van der Waals surface area contributed by atoms with E-state index in [2.05, 4.69) is 15.8 Å². The van der Waals surface area contributed by atoms with Crippen molar-refractivity contribution in [3.8, 4) is 0 Å². The van der Waals surface area contributed by atoms with Crippen LogP contribution in [0, 0.1) is 5.92 Å². The third-order valence-corrected chi connectivity index (χ3v) is 2.60. The van der Waals surface area contributed by atoms with Crippen LogP contribution in [0.1, 0.15) is 37.0 Å². The summed E-state index contributed by atoms with van der Waals surface area (Å²) in [5.74, 6) is -0.558. The molecule has 1 aromatic rings. The number of hydrogen-bond donors (Lipinski definition) is 2. The molecule has 0 saturated heterocycles. The Morgan fingerprint density at radius 2 is 1.76 bits per heavy atom. The maximum absolute atomic E-state index is 11.6. The number of nitrogens with one attached hydrogen (secondary N) is 2. The Labute approximate surface area is 101 Å². The molecule has 0 radical (unpaired) electrons. The first-order valence-electron chi connectivity index (χ1n) is 5.69. The Morgan fingerprint density at radius 3 is 2.29 bits per heavy atom. The molecule has 0 saturated carbocycles. The van der Waals surface area contributed by atoms with Crippen molar-refractivity contribution in [2.75, 3.05) is 0 Å². The van der Waals surface area contributed by atoms with Crippen LogP contribution in [0.5, 0.6) is 0 Å². The minimum Gasteiger partial charge on any atom is -0.273 e. The molecular weight excluding hydrogens is 218 g/mol. The molecule has 1 aromatic heterocycles. The molecule has 0 aromatic carbocycles. The fourth-order valence-corrected chi connectivity index (χ4v) is 1.46. The van der Waals surface area contributed by atoms with Crippen LogP contribution < -0.4 is 10.9 Å². The van der Waals surface area contributed by atoms with Crippen molar-refractivity contribution in [1.82, 2.24) is 15.8 Å². The minimum atomic E-state index is -0.341. The molecule has 0 unspecified atom stereocenters. The van der Waals surface area contributed by atoms with Crippen LogP contribution in [0.4, 0.5) is 0 Å². The normalized spacial score (nSPS) is 10.1. The molecule has 0 aliphatic rings. The molecular formula is C12H17N3O2. The van der Waals surface area contributed by atoms with Gasteiger partial charge in [-0.2, -0.15) is 0 Å². The first kappa shape index (κ1) is 13.2. The molecule has 1 heterocycles. The molecule has 0 spiro atoms. The molecule has 0 bridgehead atoms. The molecule has 1 rings (SSSR count). The molecule has 2 N–H and O–H groups in total. The summed E-state index contributed by atoms with van der Waals surface area (Å²) in [5.41, 5.74) is 5.27. The van der Waals surface area contributed by atoms with Gasteiger partial charge in [-0.3, -0.25) is 25.4 Å². The van der Waals surface area contributed by atoms with E-state index in [4.69, 9.17) is 0 Å². The van der Waals surface area contributed by atoms with E-state index in [9.17, 15) is 9.59 Å². The van der Waals surface area contributed by atoms with Crippen molar-refractivity contribution in [3.63, 3.8) is 0 Å². The zero-order chi connectivity index (χ0) is 12.7. The largest absolute Gasteiger partial charge is 0.273 e. The van der Waals surface area contributed by atoms with Gasteiger partial charge in [-0.1, -0.05) is 13.8 Å². The van der Waals surface area contributed by atoms with Crippen LogP contribution in [-0.4, -0.2) is 16.8 Å². The third-order valence-electron chi connectivity index (χ3n) is 2.60. The van der Waals surface area contributed by atoms with Crippen LogP contribution >= 0.6 is 0 Å². The molecule has 5 nitrogen and oxygen atoms in total. The Bertz CT molecular complexity index is 375. The van der Waals surface area contributed by atoms with Gasteiger partial charge in [0, 0.05) is 23.9 Å². The quantitative estimate of drug-likeness (QED) is 0.772. The van der Waals surface area contributed by atoms with Crippen LogP contribution in [0.15, 0.2) is 24.5 Å². The first-order valence-corrected chi connectivity index (χ1v) is 5.69. The second-order valence-electron chi connectivity index (χ2n) is 3.69. The number of pyridine rings is 1. The van der Waals surface area contributed by atoms with Gasteiger partial charge in [0.05, 0.1) is 0 Å². The number of hydrazine groups is 1. The standard InChI is InChI=1S/C12H17N3O2/c1-3-9(4-2)11(16)14-15-12(17)10-5-7-13-8-6-10/h5-9H,3-4H2,1-2H3,(H,14,16)(H,15,17). The van der Waals surface area contributed by atoms with Gasteiger partial charge in [-0.05, 0) is 25.0 Å². The number of carbonyl (C=O) groups is 2. The lowest BCUT2D eigenvalue weighted by molar-refractivity contribution is -0.125. The monoisotopic (exact) mass is 235 g/mol. The molecule has 0 aliphatic heterocycles. The number of hydrogen-bond acceptors (Lipinski definition) is 3. The minimum absolute atomic E-state index is 0.0623. The van der Waals surface area contributed by atoms with Gasteiger partial charge in [-0.25, -0.2) is 0 Å². The Hall–Kier alpha value is -1.91. The smallest absolute Gasteiger partial charge is 0.269 e. The van der Waals surface area contributed by atoms with E-state index in [1.54, 1.807) is 12.1 Å². The zero-order valence-electron chi connectivity index (χ0n) is 10.1. The SMILES string of the molecule is CCC(CC)C(=O)NNC(=O)c1ccncc1. The summed E-state index contributed by atoms with van der Waals surface area (Å²) >= 11 is 0. The number of carbonyl (C=O) groups excluding carboxylic acids is 2. The van der Waals surface area contributed by atoms with Crippen molar-refractivity contribution in [1.29, 1.82) is 0 Å². The lowest BCUT2D eigenvalue weighted by atomic mass is 10.0. The highest BCUT2D eigenvalue weighted by molar-refractivity contribution is 5.95. The Morgan fingerprint density at radius 1 is 1.18 bits per heavy atom. The highest BCUT2D eigenvalue weighted by atomic mass is 16.2. The lowest BCUT2D eigenvalue weighted by Gasteiger charge is -2.13. The van der Waals surface area contributed by atoms with Crippen LogP contribution in [0.3, 0.4) is 0 Å². The average Bonchev–Trinajstić information content (AvgIpc) is 2.38. The molecule has 0 atom stereocenters. The zero-order valence-corrected chi connectivity index (χ0v) is 10.1. The van der Waals surface area contributed by atoms with Gasteiger partial charge in [0.1, 0.15) is 0 Å². The van der Waals surface area contributed by atoms with Crippen molar-refractivity contribution in [3.05, 3.63) is 30.1 Å². The van der Waals surface area contributed by atoms with Gasteiger partial charge in [0.25, 0.3) is 5.91 Å². The van der Waals surface area contributed by atoms with E-state index in [1.807, 2.05) is 13.8 Å². The maximum Gasteiger partial charge on any atom is 0.269 e. The summed E-state index contributed by atoms with van der Waals surface area (Å²) in [4.78, 5) is 27.0. The summed E-state index contributed by atoms with van der Waals surface area (Å²) in [5, 5.41) is 0. The molecule has 5 heteroatoms. The van der Waals surface area contributed by atoms with Crippen molar-refractivity contribution in [2.24, 2.45) is 5.92 Å². The highest BCUT2D eigenvalue weighted by Gasteiger charge is 2.14. The van der Waals surface area contributed by atoms with Crippen LogP contribution in [-0.2, 0) is 4.79 Å². The summed E-state index contributed by atoms with van der Waals surface area (Å²) in [6.07, 6.45) is 4.57. The fourth-order valence-electron chi connectivity index (χ4n) is 1.46. The fraction of sp³-hybridized carbons (Fsp3) is 0.417. The van der Waals surface area contributed by atoms with Crippen molar-refractivity contribution < 1.29 is 9.59 Å². The van der Waals surface area contributed by atoms with Gasteiger partial charge in [-0.15, -0.1) is 0 Å². The van der Waals surface area contributed by atoms with E-state index < -0.39 is 0 Å². The number of amides is 2. The van der Waals surface area contributed by atoms with Crippen molar-refractivity contribution >= 4 is 11.8 Å². The second-order valence-corrected chi connectivity index (χ2v) is 3.69. The van der Waals surface area contributed by atoms with Crippen LogP contribution in [0.25, 0.3) is 0 Å². The topological polar surface area (TPSA) is 71.1 Å². The lowest BCUT2D eigenvalue weighted by Crippen LogP contribution is -2.44. The third kappa shape index (κ3) is 3.86. The van der Waals surface area contributed by atoms with E-state index >= 15 is 0 Å². The molecule has 2 amide bonds. The maximum atomic E-state index is 11.6. The number of nitrogens with zero attached hydrogens (tertiary/aromatic N) is 1. The van der Waals surface area contributed by atoms with Gasteiger partial charge >= 0.3 is 0 Å². The number of rotatable bonds is 4. The predicted molar refractivity (Wildman–Crippen MR) is 63.9 cm³/mol. The summed E-state index contributed by atoms with van der Waals surface area (Å²) < 4.78 is 0. The highest BCUT2D eigenvalue weighted by Crippen LogP contribution is 2.06. The molecule has 0 aliphatic carbocycles. The van der Waals surface area contributed by atoms with E-state index in [1.165, 1.54) is 12.4 Å². The number of aromatic nitrogens is 1. The van der Waals surface area contributed by atoms with E-state index in [0.717, 1.165) is 12.8 Å². The predicted octanol–water partition coefficient (Wildman–Crippen LogP) is 1.28. The Balaban J connectivity index is 2.46. The first-order chi connectivity index (χ1) is 8.19.